The van der Waals surface area contributed by atoms with Crippen LogP contribution >= 0.6 is 11.6 Å². The molecule has 0 amide bonds. The van der Waals surface area contributed by atoms with E-state index in [1.54, 1.807) is 6.92 Å². The first kappa shape index (κ1) is 16.4. The van der Waals surface area contributed by atoms with E-state index in [0.717, 1.165) is 7.11 Å². The minimum absolute atomic E-state index is 0.0288. The Hall–Kier alpha value is -2.98. The summed E-state index contributed by atoms with van der Waals surface area (Å²) in [7, 11) is 1.16. The number of nitrogens with zero attached hydrogens (tertiary/aromatic N) is 2. The van der Waals surface area contributed by atoms with Crippen LogP contribution in [-0.4, -0.2) is 28.7 Å². The molecule has 23 heavy (non-hydrogen) atoms. The van der Waals surface area contributed by atoms with Crippen molar-refractivity contribution in [1.29, 1.82) is 5.26 Å². The van der Waals surface area contributed by atoms with Crippen molar-refractivity contribution in [2.75, 3.05) is 12.8 Å². The third-order valence-corrected chi connectivity index (χ3v) is 3.79. The first-order valence-corrected chi connectivity index (χ1v) is 6.73. The summed E-state index contributed by atoms with van der Waals surface area (Å²) >= 11 is 6.07. The quantitative estimate of drug-likeness (QED) is 0.832. The van der Waals surface area contributed by atoms with E-state index in [2.05, 4.69) is 4.74 Å². The number of nitriles is 1. The third-order valence-electron chi connectivity index (χ3n) is 3.38. The molecule has 0 saturated carbocycles. The highest BCUT2D eigenvalue weighted by atomic mass is 35.5. The molecule has 0 atom stereocenters. The summed E-state index contributed by atoms with van der Waals surface area (Å²) in [4.78, 5) is 23.5. The lowest BCUT2D eigenvalue weighted by Crippen LogP contribution is -2.15. The van der Waals surface area contributed by atoms with E-state index in [-0.39, 0.29) is 28.2 Å². The number of carbonyl (C=O) groups is 2. The Morgan fingerprint density at radius 1 is 1.43 bits per heavy atom. The number of nitrogen functional groups attached to an aromatic ring is 1. The van der Waals surface area contributed by atoms with Crippen LogP contribution < -0.4 is 5.73 Å². The minimum Gasteiger partial charge on any atom is -0.478 e. The predicted molar refractivity (Wildman–Crippen MR) is 82.9 cm³/mol. The number of benzene rings is 1. The number of carbonyl (C=O) groups excluding carboxylic acids is 1. The van der Waals surface area contributed by atoms with Gasteiger partial charge >= 0.3 is 11.9 Å². The van der Waals surface area contributed by atoms with Crippen LogP contribution in [0.5, 0.6) is 0 Å². The molecular formula is C15H12ClN3O4. The fourth-order valence-electron chi connectivity index (χ4n) is 2.25. The average Bonchev–Trinajstić information content (AvgIpc) is 2.85. The lowest BCUT2D eigenvalue weighted by Gasteiger charge is -2.15. The number of ether oxygens (including phenoxy) is 1. The summed E-state index contributed by atoms with van der Waals surface area (Å²) in [5, 5.41) is 18.8. The van der Waals surface area contributed by atoms with Crippen LogP contribution in [0.1, 0.15) is 32.0 Å². The van der Waals surface area contributed by atoms with Gasteiger partial charge in [0.15, 0.2) is 5.69 Å². The van der Waals surface area contributed by atoms with Gasteiger partial charge in [-0.05, 0) is 24.6 Å². The molecule has 0 fully saturated rings. The third kappa shape index (κ3) is 2.60. The van der Waals surface area contributed by atoms with E-state index in [0.29, 0.717) is 10.6 Å². The lowest BCUT2D eigenvalue weighted by atomic mass is 10.1. The Kier molecular flexibility index (Phi) is 4.29. The van der Waals surface area contributed by atoms with Crippen molar-refractivity contribution in [3.8, 4) is 11.8 Å². The second-order valence-electron chi connectivity index (χ2n) is 4.65. The molecule has 0 bridgehead atoms. The number of aromatic nitrogens is 1. The molecule has 0 unspecified atom stereocenters. The summed E-state index contributed by atoms with van der Waals surface area (Å²) in [6.45, 7) is 1.60. The van der Waals surface area contributed by atoms with Gasteiger partial charge in [0, 0.05) is 11.2 Å². The maximum absolute atomic E-state index is 12.0. The number of nitrogens with two attached hydrogens (primary N) is 1. The van der Waals surface area contributed by atoms with Crippen LogP contribution in [0.25, 0.3) is 5.69 Å². The number of carboxylic acids is 1. The van der Waals surface area contributed by atoms with Crippen molar-refractivity contribution in [3.05, 3.63) is 45.7 Å². The van der Waals surface area contributed by atoms with Crippen LogP contribution in [0.3, 0.4) is 0 Å². The van der Waals surface area contributed by atoms with Crippen molar-refractivity contribution in [2.24, 2.45) is 0 Å². The van der Waals surface area contributed by atoms with Gasteiger partial charge in [0.05, 0.1) is 29.6 Å². The van der Waals surface area contributed by atoms with Crippen LogP contribution in [0.2, 0.25) is 5.02 Å². The number of carboxylic acid groups (broad SMARTS) is 1. The van der Waals surface area contributed by atoms with Gasteiger partial charge in [-0.2, -0.15) is 5.26 Å². The molecule has 0 aliphatic heterocycles. The monoisotopic (exact) mass is 333 g/mol. The Bertz CT molecular complexity index is 865. The summed E-state index contributed by atoms with van der Waals surface area (Å²) < 4.78 is 5.90. The number of esters is 1. The average molecular weight is 334 g/mol. The summed E-state index contributed by atoms with van der Waals surface area (Å²) in [5.41, 5.74) is 6.12. The second kappa shape index (κ2) is 6.02. The van der Waals surface area contributed by atoms with Gasteiger partial charge in [-0.3, -0.25) is 0 Å². The van der Waals surface area contributed by atoms with Crippen molar-refractivity contribution in [1.82, 2.24) is 4.57 Å². The van der Waals surface area contributed by atoms with Crippen LogP contribution in [0, 0.1) is 18.3 Å². The van der Waals surface area contributed by atoms with Crippen LogP contribution in [0.4, 0.5) is 5.69 Å². The molecule has 1 aromatic carbocycles. The molecule has 118 valence electrons. The number of anilines is 1. The largest absolute Gasteiger partial charge is 0.478 e. The number of rotatable bonds is 3. The Balaban J connectivity index is 2.93. The molecule has 1 heterocycles. The van der Waals surface area contributed by atoms with Gasteiger partial charge in [0.25, 0.3) is 0 Å². The second-order valence-corrected chi connectivity index (χ2v) is 5.06. The molecule has 0 spiro atoms. The van der Waals surface area contributed by atoms with E-state index < -0.39 is 11.9 Å². The van der Waals surface area contributed by atoms with E-state index in [1.807, 2.05) is 6.07 Å². The molecule has 8 heteroatoms. The van der Waals surface area contributed by atoms with E-state index in [9.17, 15) is 14.7 Å². The van der Waals surface area contributed by atoms with Crippen LogP contribution in [-0.2, 0) is 4.74 Å². The fourth-order valence-corrected chi connectivity index (χ4v) is 2.40. The number of methoxy groups -OCH3 is 1. The van der Waals surface area contributed by atoms with Crippen molar-refractivity contribution < 1.29 is 19.4 Å². The minimum atomic E-state index is -1.21. The molecule has 7 nitrogen and oxygen atoms in total. The Morgan fingerprint density at radius 2 is 2.09 bits per heavy atom. The van der Waals surface area contributed by atoms with E-state index in [4.69, 9.17) is 22.6 Å². The van der Waals surface area contributed by atoms with Crippen molar-refractivity contribution in [2.45, 2.75) is 6.92 Å². The molecule has 0 radical (unpaired) electrons. The summed E-state index contributed by atoms with van der Waals surface area (Å²) in [5.74, 6) is -2.00. The zero-order valence-electron chi connectivity index (χ0n) is 12.3. The number of halogens is 1. The molecule has 0 saturated heterocycles. The lowest BCUT2D eigenvalue weighted by molar-refractivity contribution is 0.0591. The standard InChI is InChI=1S/C15H12ClN3O4/c1-7-10(16)4-3-9(14(20)21)12(7)19-6-8(5-17)11(18)13(19)15(22)23-2/h3-4,6H,18H2,1-2H3,(H,20,21). The van der Waals surface area contributed by atoms with Gasteiger partial charge < -0.3 is 20.1 Å². The fraction of sp³-hybridized carbons (Fsp3) is 0.133. The highest BCUT2D eigenvalue weighted by Crippen LogP contribution is 2.31. The number of hydrogen-bond donors (Lipinski definition) is 2. The van der Waals surface area contributed by atoms with Crippen molar-refractivity contribution in [3.63, 3.8) is 0 Å². The zero-order chi connectivity index (χ0) is 17.3. The molecule has 3 N–H and O–H groups in total. The van der Waals surface area contributed by atoms with E-state index >= 15 is 0 Å². The van der Waals surface area contributed by atoms with Gasteiger partial charge in [-0.25, -0.2) is 9.59 Å². The van der Waals surface area contributed by atoms with Gasteiger partial charge in [0.1, 0.15) is 6.07 Å². The first-order chi connectivity index (χ1) is 10.8. The highest BCUT2D eigenvalue weighted by Gasteiger charge is 2.26. The number of hydrogen-bond acceptors (Lipinski definition) is 5. The van der Waals surface area contributed by atoms with Crippen molar-refractivity contribution >= 4 is 29.2 Å². The molecule has 2 aromatic rings. The summed E-state index contributed by atoms with van der Waals surface area (Å²) in [6, 6.07) is 4.61. The smallest absolute Gasteiger partial charge is 0.357 e. The Labute approximate surface area is 136 Å². The maximum Gasteiger partial charge on any atom is 0.357 e. The molecule has 1 aromatic heterocycles. The first-order valence-electron chi connectivity index (χ1n) is 6.35. The molecule has 2 rings (SSSR count). The topological polar surface area (TPSA) is 118 Å². The normalized spacial score (nSPS) is 10.2. The maximum atomic E-state index is 12.0. The van der Waals surface area contributed by atoms with Crippen LogP contribution in [0.15, 0.2) is 18.3 Å². The highest BCUT2D eigenvalue weighted by molar-refractivity contribution is 6.31. The molecular weight excluding hydrogens is 322 g/mol. The molecule has 0 aliphatic carbocycles. The Morgan fingerprint density at radius 3 is 2.61 bits per heavy atom. The predicted octanol–water partition coefficient (Wildman–Crippen LogP) is 2.38. The summed E-state index contributed by atoms with van der Waals surface area (Å²) in [6.07, 6.45) is 1.28. The van der Waals surface area contributed by atoms with E-state index in [1.165, 1.54) is 22.9 Å². The zero-order valence-corrected chi connectivity index (χ0v) is 13.0. The van der Waals surface area contributed by atoms with Gasteiger partial charge in [0.2, 0.25) is 0 Å². The number of aromatic carboxylic acids is 1. The van der Waals surface area contributed by atoms with Gasteiger partial charge in [-0.1, -0.05) is 11.6 Å². The molecule has 0 aliphatic rings. The van der Waals surface area contributed by atoms with Gasteiger partial charge in [-0.15, -0.1) is 0 Å². The SMILES string of the molecule is COC(=O)c1c(N)c(C#N)cn1-c1c(C(=O)O)ccc(Cl)c1C.